The molecule has 0 fully saturated rings. The van der Waals surface area contributed by atoms with Crippen LogP contribution in [0.3, 0.4) is 0 Å². The maximum absolute atomic E-state index is 8.95. The summed E-state index contributed by atoms with van der Waals surface area (Å²) >= 11 is 0. The highest BCUT2D eigenvalue weighted by Crippen LogP contribution is 2.28. The molecule has 0 saturated heterocycles. The third kappa shape index (κ3) is 3.05. The van der Waals surface area contributed by atoms with Gasteiger partial charge in [-0.3, -0.25) is 0 Å². The third-order valence-electron chi connectivity index (χ3n) is 2.77. The van der Waals surface area contributed by atoms with Gasteiger partial charge in [0.2, 0.25) is 0 Å². The average Bonchev–Trinajstić information content (AvgIpc) is 2.59. The summed E-state index contributed by atoms with van der Waals surface area (Å²) in [5, 5.41) is 17.9. The maximum Gasteiger partial charge on any atom is 0.164 e. The zero-order chi connectivity index (χ0) is 14.4. The molecule has 4 nitrogen and oxygen atoms in total. The molecular formula is C15H16N2O2. The molecule has 1 aliphatic carbocycles. The molecule has 0 aromatic heterocycles. The van der Waals surface area contributed by atoms with Crippen LogP contribution in [0.5, 0.6) is 0 Å². The van der Waals surface area contributed by atoms with Crippen LogP contribution in [-0.2, 0) is 9.47 Å². The van der Waals surface area contributed by atoms with Crippen LogP contribution < -0.4 is 0 Å². The van der Waals surface area contributed by atoms with Gasteiger partial charge in [0.1, 0.15) is 17.7 Å². The van der Waals surface area contributed by atoms with Crippen molar-refractivity contribution in [2.24, 2.45) is 5.92 Å². The highest BCUT2D eigenvalue weighted by molar-refractivity contribution is 5.55. The molecule has 1 aliphatic rings. The highest BCUT2D eigenvalue weighted by atomic mass is 16.5. The Bertz CT molecular complexity index is 548. The van der Waals surface area contributed by atoms with Crippen molar-refractivity contribution >= 4 is 0 Å². The van der Waals surface area contributed by atoms with Gasteiger partial charge in [-0.2, -0.15) is 10.5 Å². The summed E-state index contributed by atoms with van der Waals surface area (Å²) in [4.78, 5) is 0. The number of ether oxygens (including phenoxy) is 2. The van der Waals surface area contributed by atoms with Crippen LogP contribution in [-0.4, -0.2) is 14.2 Å². The number of methoxy groups -OCH3 is 2. The first-order valence-electron chi connectivity index (χ1n) is 5.85. The van der Waals surface area contributed by atoms with E-state index in [-0.39, 0.29) is 11.5 Å². The minimum Gasteiger partial charge on any atom is -0.493 e. The monoisotopic (exact) mass is 256 g/mol. The Morgan fingerprint density at radius 1 is 1.11 bits per heavy atom. The van der Waals surface area contributed by atoms with Crippen LogP contribution in [0.15, 0.2) is 46.5 Å². The largest absolute Gasteiger partial charge is 0.493 e. The predicted molar refractivity (Wildman–Crippen MR) is 71.4 cm³/mol. The van der Waals surface area contributed by atoms with E-state index in [2.05, 4.69) is 0 Å². The topological polar surface area (TPSA) is 66.0 Å². The number of rotatable bonds is 3. The number of nitrogens with zero attached hydrogens (tertiary/aromatic N) is 2. The first-order chi connectivity index (χ1) is 9.08. The predicted octanol–water partition coefficient (Wildman–Crippen LogP) is 2.99. The van der Waals surface area contributed by atoms with Gasteiger partial charge in [-0.15, -0.1) is 0 Å². The van der Waals surface area contributed by atoms with E-state index < -0.39 is 0 Å². The Morgan fingerprint density at radius 3 is 2.16 bits per heavy atom. The lowest BCUT2D eigenvalue weighted by molar-refractivity contribution is 0.216. The van der Waals surface area contributed by atoms with E-state index in [4.69, 9.17) is 20.0 Å². The van der Waals surface area contributed by atoms with E-state index in [1.165, 1.54) is 7.11 Å². The number of hydrogen-bond donors (Lipinski definition) is 0. The Hall–Kier alpha value is -2.46. The summed E-state index contributed by atoms with van der Waals surface area (Å²) in [5.74, 6) is 1.37. The number of allylic oxidation sites excluding steroid dienone is 6. The van der Waals surface area contributed by atoms with E-state index in [1.807, 2.05) is 32.1 Å². The fourth-order valence-electron chi connectivity index (χ4n) is 1.79. The molecule has 0 amide bonds. The van der Waals surface area contributed by atoms with Crippen molar-refractivity contribution in [1.29, 1.82) is 10.5 Å². The van der Waals surface area contributed by atoms with Crippen LogP contribution in [0, 0.1) is 28.6 Å². The lowest BCUT2D eigenvalue weighted by Crippen LogP contribution is -2.03. The number of hydrogen-bond acceptors (Lipinski definition) is 4. The second-order valence-electron chi connectivity index (χ2n) is 4.24. The minimum absolute atomic E-state index is 0.0475. The van der Waals surface area contributed by atoms with Gasteiger partial charge in [-0.1, -0.05) is 26.0 Å². The van der Waals surface area contributed by atoms with Crippen LogP contribution >= 0.6 is 0 Å². The Kier molecular flexibility index (Phi) is 4.97. The molecule has 0 bridgehead atoms. The smallest absolute Gasteiger partial charge is 0.164 e. The molecule has 0 unspecified atom stereocenters. The second kappa shape index (κ2) is 6.47. The molecule has 0 heterocycles. The molecule has 4 heteroatoms. The van der Waals surface area contributed by atoms with Gasteiger partial charge in [0, 0.05) is 11.1 Å². The molecule has 1 rings (SSSR count). The molecule has 0 radical (unpaired) electrons. The van der Waals surface area contributed by atoms with E-state index in [9.17, 15) is 0 Å². The molecular weight excluding hydrogens is 240 g/mol. The van der Waals surface area contributed by atoms with Crippen LogP contribution in [0.25, 0.3) is 0 Å². The molecule has 19 heavy (non-hydrogen) atoms. The zero-order valence-electron chi connectivity index (χ0n) is 11.5. The van der Waals surface area contributed by atoms with E-state index >= 15 is 0 Å². The summed E-state index contributed by atoms with van der Waals surface area (Å²) in [6.07, 6.45) is 5.24. The summed E-state index contributed by atoms with van der Waals surface area (Å²) < 4.78 is 10.7. The van der Waals surface area contributed by atoms with Crippen molar-refractivity contribution in [2.75, 3.05) is 14.2 Å². The summed E-state index contributed by atoms with van der Waals surface area (Å²) in [5.41, 5.74) is 1.53. The molecule has 0 N–H and O–H groups in total. The van der Waals surface area contributed by atoms with Crippen molar-refractivity contribution in [3.05, 3.63) is 46.5 Å². The van der Waals surface area contributed by atoms with Gasteiger partial charge in [0.25, 0.3) is 0 Å². The fraction of sp³-hybridized carbons (Fsp3) is 0.333. The van der Waals surface area contributed by atoms with Gasteiger partial charge < -0.3 is 9.47 Å². The molecule has 0 spiro atoms. The lowest BCUT2D eigenvalue weighted by Gasteiger charge is -2.15. The summed E-state index contributed by atoms with van der Waals surface area (Å²) in [7, 11) is 3.10. The standard InChI is InChI=1S/C15H16N2O2/c1-10(2)13-6-5-11(12(8-16)9-17)7-14(18-3)15(13)19-4/h5-7,10H,1-4H3. The Morgan fingerprint density at radius 2 is 1.74 bits per heavy atom. The summed E-state index contributed by atoms with van der Waals surface area (Å²) in [6.45, 7) is 4.08. The average molecular weight is 256 g/mol. The highest BCUT2D eigenvalue weighted by Gasteiger charge is 2.18. The quantitative estimate of drug-likeness (QED) is 0.728. The zero-order valence-corrected chi connectivity index (χ0v) is 11.5. The third-order valence-corrected chi connectivity index (χ3v) is 2.77. The SMILES string of the molecule is COC1=CC(=C(C#N)C#N)C=CC(C(C)C)=C1OC. The summed E-state index contributed by atoms with van der Waals surface area (Å²) in [6, 6.07) is 3.76. The normalized spacial score (nSPS) is 14.5. The lowest BCUT2D eigenvalue weighted by atomic mass is 10.0. The van der Waals surface area contributed by atoms with Crippen LogP contribution in [0.2, 0.25) is 0 Å². The first-order valence-corrected chi connectivity index (χ1v) is 5.85. The van der Waals surface area contributed by atoms with E-state index in [0.717, 1.165) is 5.57 Å². The fourth-order valence-corrected chi connectivity index (χ4v) is 1.79. The van der Waals surface area contributed by atoms with Gasteiger partial charge >= 0.3 is 0 Å². The molecule has 0 aromatic carbocycles. The van der Waals surface area contributed by atoms with Crippen molar-refractivity contribution in [2.45, 2.75) is 13.8 Å². The molecule has 0 aromatic rings. The van der Waals surface area contributed by atoms with Gasteiger partial charge in [0.05, 0.1) is 14.2 Å². The van der Waals surface area contributed by atoms with Crippen molar-refractivity contribution < 1.29 is 9.47 Å². The van der Waals surface area contributed by atoms with E-state index in [1.54, 1.807) is 19.3 Å². The Balaban J connectivity index is 3.52. The molecule has 0 atom stereocenters. The first kappa shape index (κ1) is 14.6. The van der Waals surface area contributed by atoms with Gasteiger partial charge in [-0.05, 0) is 12.0 Å². The van der Waals surface area contributed by atoms with Crippen molar-refractivity contribution in [3.8, 4) is 12.1 Å². The molecule has 0 aliphatic heterocycles. The van der Waals surface area contributed by atoms with Gasteiger partial charge in [0.15, 0.2) is 11.5 Å². The van der Waals surface area contributed by atoms with Crippen LogP contribution in [0.1, 0.15) is 13.8 Å². The van der Waals surface area contributed by atoms with E-state index in [0.29, 0.717) is 17.1 Å². The number of nitriles is 2. The van der Waals surface area contributed by atoms with Crippen molar-refractivity contribution in [1.82, 2.24) is 0 Å². The Labute approximate surface area is 113 Å². The molecule has 0 saturated carbocycles. The van der Waals surface area contributed by atoms with Crippen LogP contribution in [0.4, 0.5) is 0 Å². The van der Waals surface area contributed by atoms with Gasteiger partial charge in [-0.25, -0.2) is 0 Å². The molecule has 98 valence electrons. The van der Waals surface area contributed by atoms with Crippen molar-refractivity contribution in [3.63, 3.8) is 0 Å². The minimum atomic E-state index is 0.0475. The second-order valence-corrected chi connectivity index (χ2v) is 4.24. The maximum atomic E-state index is 8.95.